The van der Waals surface area contributed by atoms with Crippen LogP contribution in [0.5, 0.6) is 0 Å². The summed E-state index contributed by atoms with van der Waals surface area (Å²) in [4.78, 5) is 10.3. The lowest BCUT2D eigenvalue weighted by molar-refractivity contribution is -0.136. The first kappa shape index (κ1) is 10.8. The molecular formula is C8H10ClNO2. The number of carboxylic acid groups (broad SMARTS) is 1. The number of para-hydroxylation sites is 1. The van der Waals surface area contributed by atoms with E-state index in [0.29, 0.717) is 11.3 Å². The van der Waals surface area contributed by atoms with E-state index < -0.39 is 5.97 Å². The van der Waals surface area contributed by atoms with Crippen molar-refractivity contribution in [2.24, 2.45) is 0 Å². The van der Waals surface area contributed by atoms with Crippen LogP contribution < -0.4 is 5.73 Å². The van der Waals surface area contributed by atoms with E-state index in [1.54, 1.807) is 24.3 Å². The zero-order valence-electron chi connectivity index (χ0n) is 6.36. The molecule has 1 rings (SSSR count). The standard InChI is InChI=1S/C8H9NO2.ClH/c9-7-4-2-1-3-6(7)5-8(10)11;/h1-4H,5,9H2,(H,10,11);1H. The molecule has 0 heterocycles. The smallest absolute Gasteiger partial charge is 0.307 e. The summed E-state index contributed by atoms with van der Waals surface area (Å²) >= 11 is 0. The molecule has 0 aliphatic heterocycles. The highest BCUT2D eigenvalue weighted by molar-refractivity contribution is 5.85. The number of aliphatic carboxylic acids is 1. The molecule has 0 aliphatic rings. The summed E-state index contributed by atoms with van der Waals surface area (Å²) in [5, 5.41) is 8.44. The Bertz CT molecular complexity index is 276. The number of halogens is 1. The van der Waals surface area contributed by atoms with Crippen molar-refractivity contribution in [3.63, 3.8) is 0 Å². The molecule has 12 heavy (non-hydrogen) atoms. The summed E-state index contributed by atoms with van der Waals surface area (Å²) in [6.45, 7) is 0. The van der Waals surface area contributed by atoms with Crippen molar-refractivity contribution in [2.45, 2.75) is 6.42 Å². The summed E-state index contributed by atoms with van der Waals surface area (Å²) in [5.41, 5.74) is 6.71. The second-order valence-electron chi connectivity index (χ2n) is 2.27. The Morgan fingerprint density at radius 3 is 2.50 bits per heavy atom. The maximum Gasteiger partial charge on any atom is 0.307 e. The molecule has 3 nitrogen and oxygen atoms in total. The second kappa shape index (κ2) is 4.62. The van der Waals surface area contributed by atoms with Crippen molar-refractivity contribution in [3.05, 3.63) is 29.8 Å². The number of hydrogen-bond donors (Lipinski definition) is 2. The molecule has 0 spiro atoms. The summed E-state index contributed by atoms with van der Waals surface area (Å²) < 4.78 is 0. The van der Waals surface area contributed by atoms with Crippen LogP contribution in [0.3, 0.4) is 0 Å². The minimum atomic E-state index is -0.858. The molecule has 0 aliphatic carbocycles. The number of carbonyl (C=O) groups is 1. The monoisotopic (exact) mass is 187 g/mol. The Hall–Kier alpha value is -1.22. The lowest BCUT2D eigenvalue weighted by Gasteiger charge is -1.99. The van der Waals surface area contributed by atoms with E-state index in [-0.39, 0.29) is 18.8 Å². The first-order valence-corrected chi connectivity index (χ1v) is 3.25. The molecule has 1 aromatic rings. The van der Waals surface area contributed by atoms with Crippen molar-refractivity contribution < 1.29 is 9.90 Å². The number of hydrogen-bond acceptors (Lipinski definition) is 2. The Kier molecular flexibility index (Phi) is 4.15. The lowest BCUT2D eigenvalue weighted by atomic mass is 10.1. The molecule has 0 saturated heterocycles. The molecule has 0 radical (unpaired) electrons. The lowest BCUT2D eigenvalue weighted by Crippen LogP contribution is -2.02. The molecule has 66 valence electrons. The highest BCUT2D eigenvalue weighted by Gasteiger charge is 2.01. The van der Waals surface area contributed by atoms with Gasteiger partial charge in [-0.15, -0.1) is 12.4 Å². The molecule has 0 aromatic heterocycles. The highest BCUT2D eigenvalue weighted by Crippen LogP contribution is 2.10. The van der Waals surface area contributed by atoms with Crippen LogP contribution in [0.15, 0.2) is 24.3 Å². The van der Waals surface area contributed by atoms with Gasteiger partial charge in [-0.25, -0.2) is 0 Å². The van der Waals surface area contributed by atoms with Gasteiger partial charge in [-0.3, -0.25) is 4.79 Å². The molecule has 0 bridgehead atoms. The summed E-state index contributed by atoms with van der Waals surface area (Å²) in [5.74, 6) is -0.858. The number of carboxylic acids is 1. The van der Waals surface area contributed by atoms with Gasteiger partial charge in [-0.2, -0.15) is 0 Å². The predicted octanol–water partition coefficient (Wildman–Crippen LogP) is 1.32. The van der Waals surface area contributed by atoms with Crippen LogP contribution in [-0.2, 0) is 11.2 Å². The minimum Gasteiger partial charge on any atom is -0.481 e. The summed E-state index contributed by atoms with van der Waals surface area (Å²) in [6, 6.07) is 6.96. The first-order valence-electron chi connectivity index (χ1n) is 3.25. The van der Waals surface area contributed by atoms with Crippen LogP contribution in [0, 0.1) is 0 Å². The fourth-order valence-corrected chi connectivity index (χ4v) is 0.858. The van der Waals surface area contributed by atoms with Gasteiger partial charge >= 0.3 is 5.97 Å². The zero-order chi connectivity index (χ0) is 8.27. The van der Waals surface area contributed by atoms with E-state index in [2.05, 4.69) is 0 Å². The van der Waals surface area contributed by atoms with E-state index in [1.165, 1.54) is 0 Å². The number of anilines is 1. The Morgan fingerprint density at radius 2 is 2.00 bits per heavy atom. The van der Waals surface area contributed by atoms with E-state index >= 15 is 0 Å². The maximum atomic E-state index is 10.3. The van der Waals surface area contributed by atoms with Gasteiger partial charge in [0.15, 0.2) is 0 Å². The van der Waals surface area contributed by atoms with E-state index in [4.69, 9.17) is 10.8 Å². The SMILES string of the molecule is Cl.Nc1ccccc1CC(=O)O. The number of benzene rings is 1. The molecule has 3 N–H and O–H groups in total. The Morgan fingerprint density at radius 1 is 1.42 bits per heavy atom. The van der Waals surface area contributed by atoms with Crippen LogP contribution in [0.2, 0.25) is 0 Å². The van der Waals surface area contributed by atoms with Crippen LogP contribution in [0.1, 0.15) is 5.56 Å². The van der Waals surface area contributed by atoms with Gasteiger partial charge in [0.05, 0.1) is 6.42 Å². The van der Waals surface area contributed by atoms with E-state index in [9.17, 15) is 4.79 Å². The Balaban J connectivity index is 0.00000121. The second-order valence-corrected chi connectivity index (χ2v) is 2.27. The van der Waals surface area contributed by atoms with Crippen molar-refractivity contribution in [1.82, 2.24) is 0 Å². The molecule has 0 atom stereocenters. The molecule has 0 saturated carbocycles. The molecule has 0 fully saturated rings. The topological polar surface area (TPSA) is 63.3 Å². The minimum absolute atomic E-state index is 0. The molecule has 0 amide bonds. The van der Waals surface area contributed by atoms with Gasteiger partial charge in [0.2, 0.25) is 0 Å². The third-order valence-corrected chi connectivity index (χ3v) is 1.40. The van der Waals surface area contributed by atoms with Gasteiger partial charge in [0.25, 0.3) is 0 Å². The summed E-state index contributed by atoms with van der Waals surface area (Å²) in [6.07, 6.45) is -0.00727. The van der Waals surface area contributed by atoms with Gasteiger partial charge in [0.1, 0.15) is 0 Å². The van der Waals surface area contributed by atoms with Crippen molar-refractivity contribution in [2.75, 3.05) is 5.73 Å². The van der Waals surface area contributed by atoms with Crippen LogP contribution >= 0.6 is 12.4 Å². The quantitative estimate of drug-likeness (QED) is 0.687. The summed E-state index contributed by atoms with van der Waals surface area (Å²) in [7, 11) is 0. The zero-order valence-corrected chi connectivity index (χ0v) is 7.17. The molecule has 4 heteroatoms. The van der Waals surface area contributed by atoms with Crippen molar-refractivity contribution >= 4 is 24.1 Å². The average Bonchev–Trinajstić information content (AvgIpc) is 1.93. The van der Waals surface area contributed by atoms with Gasteiger partial charge in [0, 0.05) is 5.69 Å². The van der Waals surface area contributed by atoms with Crippen molar-refractivity contribution in [3.8, 4) is 0 Å². The van der Waals surface area contributed by atoms with Crippen LogP contribution in [-0.4, -0.2) is 11.1 Å². The first-order chi connectivity index (χ1) is 5.20. The number of nitrogen functional groups attached to an aromatic ring is 1. The third kappa shape index (κ3) is 2.80. The average molecular weight is 188 g/mol. The van der Waals surface area contributed by atoms with Crippen molar-refractivity contribution in [1.29, 1.82) is 0 Å². The third-order valence-electron chi connectivity index (χ3n) is 1.40. The van der Waals surface area contributed by atoms with E-state index in [1.807, 2.05) is 0 Å². The van der Waals surface area contributed by atoms with Gasteiger partial charge < -0.3 is 10.8 Å². The normalized spacial score (nSPS) is 8.67. The Labute approximate surface area is 76.6 Å². The highest BCUT2D eigenvalue weighted by atomic mass is 35.5. The maximum absolute atomic E-state index is 10.3. The largest absolute Gasteiger partial charge is 0.481 e. The molecule has 1 aromatic carbocycles. The fraction of sp³-hybridized carbons (Fsp3) is 0.125. The molecule has 0 unspecified atom stereocenters. The fourth-order valence-electron chi connectivity index (χ4n) is 0.858. The predicted molar refractivity (Wildman–Crippen MR) is 49.4 cm³/mol. The van der Waals surface area contributed by atoms with Gasteiger partial charge in [-0.1, -0.05) is 18.2 Å². The van der Waals surface area contributed by atoms with Crippen LogP contribution in [0.4, 0.5) is 5.69 Å². The van der Waals surface area contributed by atoms with E-state index in [0.717, 1.165) is 0 Å². The van der Waals surface area contributed by atoms with Gasteiger partial charge in [-0.05, 0) is 11.6 Å². The molecular weight excluding hydrogens is 178 g/mol. The van der Waals surface area contributed by atoms with Crippen LogP contribution in [0.25, 0.3) is 0 Å². The number of rotatable bonds is 2. The number of nitrogens with two attached hydrogens (primary N) is 1.